The third-order valence-electron chi connectivity index (χ3n) is 8.00. The van der Waals surface area contributed by atoms with Gasteiger partial charge in [0.15, 0.2) is 0 Å². The number of hydrogen-bond donors (Lipinski definition) is 1. The van der Waals surface area contributed by atoms with Gasteiger partial charge in [-0.2, -0.15) is 0 Å². The summed E-state index contributed by atoms with van der Waals surface area (Å²) in [6, 6.07) is 30.6. The first kappa shape index (κ1) is 25.1. The molecule has 0 radical (unpaired) electrons. The Bertz CT molecular complexity index is 1150. The zero-order valence-corrected chi connectivity index (χ0v) is 21.8. The van der Waals surface area contributed by atoms with Crippen LogP contribution in [0.1, 0.15) is 50.2 Å². The zero-order valence-electron chi connectivity index (χ0n) is 21.8. The van der Waals surface area contributed by atoms with Crippen molar-refractivity contribution in [2.75, 3.05) is 24.5 Å². The van der Waals surface area contributed by atoms with E-state index in [9.17, 15) is 9.59 Å². The second-order valence-corrected chi connectivity index (χ2v) is 10.8. The lowest BCUT2D eigenvalue weighted by molar-refractivity contribution is -0.160. The van der Waals surface area contributed by atoms with Gasteiger partial charge in [0.1, 0.15) is 11.6 Å². The molecule has 2 aliphatic rings. The van der Waals surface area contributed by atoms with E-state index in [0.29, 0.717) is 31.7 Å². The number of hydrogen-bond acceptors (Lipinski definition) is 3. The van der Waals surface area contributed by atoms with Gasteiger partial charge in [-0.15, -0.1) is 0 Å². The van der Waals surface area contributed by atoms with E-state index in [4.69, 9.17) is 0 Å². The predicted molar refractivity (Wildman–Crippen MR) is 148 cm³/mol. The molecule has 5 rings (SSSR count). The van der Waals surface area contributed by atoms with Gasteiger partial charge in [-0.05, 0) is 48.4 Å². The average Bonchev–Trinajstić information content (AvgIpc) is 2.93. The SMILES string of the molecule is CC(C)CC1NC(=O)C2(CCN(c3ccccc3)CC2)N(CC(c2ccccc2)c2ccccc2)C1=O. The molecule has 0 bridgehead atoms. The van der Waals surface area contributed by atoms with Gasteiger partial charge in [0, 0.05) is 31.2 Å². The molecule has 3 aromatic carbocycles. The molecule has 1 atom stereocenters. The number of nitrogens with zero attached hydrogens (tertiary/aromatic N) is 2. The van der Waals surface area contributed by atoms with Crippen LogP contribution in [0, 0.1) is 5.92 Å². The normalized spacial score (nSPS) is 19.5. The van der Waals surface area contributed by atoms with Crippen molar-refractivity contribution in [1.82, 2.24) is 10.2 Å². The van der Waals surface area contributed by atoms with Crippen LogP contribution in [0.3, 0.4) is 0 Å². The maximum Gasteiger partial charge on any atom is 0.246 e. The number of piperazine rings is 1. The molecule has 1 spiro atoms. The number of piperidine rings is 1. The minimum absolute atomic E-state index is 0.00494. The number of carbonyl (C=O) groups is 2. The third-order valence-corrected chi connectivity index (χ3v) is 8.00. The molecule has 2 fully saturated rings. The molecule has 0 aromatic heterocycles. The number of anilines is 1. The van der Waals surface area contributed by atoms with E-state index in [1.807, 2.05) is 59.5 Å². The van der Waals surface area contributed by atoms with Gasteiger partial charge in [-0.25, -0.2) is 0 Å². The molecule has 5 heteroatoms. The monoisotopic (exact) mass is 495 g/mol. The van der Waals surface area contributed by atoms with E-state index in [2.05, 4.69) is 60.5 Å². The van der Waals surface area contributed by atoms with Crippen LogP contribution >= 0.6 is 0 Å². The van der Waals surface area contributed by atoms with Crippen molar-refractivity contribution in [2.24, 2.45) is 5.92 Å². The van der Waals surface area contributed by atoms with Crippen molar-refractivity contribution in [2.45, 2.75) is 50.6 Å². The highest BCUT2D eigenvalue weighted by atomic mass is 16.2. The molecule has 2 aliphatic heterocycles. The quantitative estimate of drug-likeness (QED) is 0.488. The van der Waals surface area contributed by atoms with Crippen LogP contribution in [-0.4, -0.2) is 47.9 Å². The van der Waals surface area contributed by atoms with E-state index in [1.54, 1.807) is 0 Å². The van der Waals surface area contributed by atoms with E-state index in [1.165, 1.54) is 0 Å². The molecule has 1 unspecified atom stereocenters. The largest absolute Gasteiger partial charge is 0.371 e. The molecule has 192 valence electrons. The number of amides is 2. The fourth-order valence-electron chi connectivity index (χ4n) is 6.00. The van der Waals surface area contributed by atoms with Gasteiger partial charge in [-0.1, -0.05) is 92.7 Å². The Kier molecular flexibility index (Phi) is 7.31. The summed E-state index contributed by atoms with van der Waals surface area (Å²) in [7, 11) is 0. The summed E-state index contributed by atoms with van der Waals surface area (Å²) in [5.74, 6) is 0.355. The first-order chi connectivity index (χ1) is 18.0. The summed E-state index contributed by atoms with van der Waals surface area (Å²) in [5.41, 5.74) is 2.64. The lowest BCUT2D eigenvalue weighted by atomic mass is 9.79. The summed E-state index contributed by atoms with van der Waals surface area (Å²) in [6.07, 6.45) is 1.88. The summed E-state index contributed by atoms with van der Waals surface area (Å²) >= 11 is 0. The zero-order chi connectivity index (χ0) is 25.8. The van der Waals surface area contributed by atoms with Crippen LogP contribution in [0.25, 0.3) is 0 Å². The number of para-hydroxylation sites is 1. The average molecular weight is 496 g/mol. The van der Waals surface area contributed by atoms with Gasteiger partial charge in [-0.3, -0.25) is 9.59 Å². The van der Waals surface area contributed by atoms with E-state index < -0.39 is 11.6 Å². The fraction of sp³-hybridized carbons (Fsp3) is 0.375. The molecule has 1 N–H and O–H groups in total. The standard InChI is InChI=1S/C32H37N3O2/c1-24(2)22-29-30(36)35(23-28(25-12-6-3-7-13-25)26-14-8-4-9-15-26)32(31(37)33-29)18-20-34(21-19-32)27-16-10-5-11-17-27/h3-17,24,28-29H,18-23H2,1-2H3,(H,33,37). The minimum atomic E-state index is -0.836. The van der Waals surface area contributed by atoms with Crippen molar-refractivity contribution in [3.8, 4) is 0 Å². The molecular weight excluding hydrogens is 458 g/mol. The van der Waals surface area contributed by atoms with Crippen LogP contribution in [0.4, 0.5) is 5.69 Å². The number of nitrogens with one attached hydrogen (secondary N) is 1. The highest BCUT2D eigenvalue weighted by Gasteiger charge is 2.54. The maximum absolute atomic E-state index is 14.1. The Balaban J connectivity index is 1.50. The molecule has 37 heavy (non-hydrogen) atoms. The van der Waals surface area contributed by atoms with Gasteiger partial charge < -0.3 is 15.1 Å². The summed E-state index contributed by atoms with van der Waals surface area (Å²) in [6.45, 7) is 6.15. The van der Waals surface area contributed by atoms with E-state index in [0.717, 1.165) is 29.9 Å². The van der Waals surface area contributed by atoms with Crippen LogP contribution in [0.15, 0.2) is 91.0 Å². The highest BCUT2D eigenvalue weighted by Crippen LogP contribution is 2.38. The summed E-state index contributed by atoms with van der Waals surface area (Å²) in [4.78, 5) is 32.3. The molecule has 2 amide bonds. The molecule has 3 aromatic rings. The van der Waals surface area contributed by atoms with Gasteiger partial charge >= 0.3 is 0 Å². The Morgan fingerprint density at radius 1 is 0.811 bits per heavy atom. The number of rotatable bonds is 7. The Hall–Kier alpha value is -3.60. The van der Waals surface area contributed by atoms with Gasteiger partial charge in [0.05, 0.1) is 0 Å². The summed E-state index contributed by atoms with van der Waals surface area (Å²) < 4.78 is 0. The number of carbonyl (C=O) groups excluding carboxylic acids is 2. The third kappa shape index (κ3) is 5.13. The van der Waals surface area contributed by atoms with Crippen LogP contribution in [0.5, 0.6) is 0 Å². The minimum Gasteiger partial charge on any atom is -0.371 e. The molecule has 2 saturated heterocycles. The summed E-state index contributed by atoms with van der Waals surface area (Å²) in [5, 5.41) is 3.15. The van der Waals surface area contributed by atoms with Crippen molar-refractivity contribution >= 4 is 17.5 Å². The molecule has 0 saturated carbocycles. The van der Waals surface area contributed by atoms with Crippen molar-refractivity contribution < 1.29 is 9.59 Å². The molecule has 2 heterocycles. The highest BCUT2D eigenvalue weighted by molar-refractivity contribution is 6.00. The first-order valence-electron chi connectivity index (χ1n) is 13.5. The molecule has 5 nitrogen and oxygen atoms in total. The first-order valence-corrected chi connectivity index (χ1v) is 13.5. The topological polar surface area (TPSA) is 52.7 Å². The molecular formula is C32H37N3O2. The molecule has 0 aliphatic carbocycles. The lowest BCUT2D eigenvalue weighted by Gasteiger charge is -2.53. The van der Waals surface area contributed by atoms with E-state index in [-0.39, 0.29) is 17.7 Å². The van der Waals surface area contributed by atoms with Crippen LogP contribution < -0.4 is 10.2 Å². The Morgan fingerprint density at radius 3 is 1.84 bits per heavy atom. The van der Waals surface area contributed by atoms with Crippen LogP contribution in [-0.2, 0) is 9.59 Å². The smallest absolute Gasteiger partial charge is 0.246 e. The number of benzene rings is 3. The van der Waals surface area contributed by atoms with Crippen molar-refractivity contribution in [3.63, 3.8) is 0 Å². The van der Waals surface area contributed by atoms with E-state index >= 15 is 0 Å². The Labute approximate surface area is 220 Å². The van der Waals surface area contributed by atoms with Crippen molar-refractivity contribution in [3.05, 3.63) is 102 Å². The van der Waals surface area contributed by atoms with Crippen molar-refractivity contribution in [1.29, 1.82) is 0 Å². The Morgan fingerprint density at radius 2 is 1.32 bits per heavy atom. The van der Waals surface area contributed by atoms with Gasteiger partial charge in [0.2, 0.25) is 11.8 Å². The lowest BCUT2D eigenvalue weighted by Crippen LogP contribution is -2.73. The fourth-order valence-corrected chi connectivity index (χ4v) is 6.00. The second-order valence-electron chi connectivity index (χ2n) is 10.8. The second kappa shape index (κ2) is 10.8. The van der Waals surface area contributed by atoms with Gasteiger partial charge in [0.25, 0.3) is 0 Å². The maximum atomic E-state index is 14.1. The van der Waals surface area contributed by atoms with Crippen LogP contribution in [0.2, 0.25) is 0 Å². The predicted octanol–water partition coefficient (Wildman–Crippen LogP) is 5.23.